The van der Waals surface area contributed by atoms with Crippen molar-refractivity contribution in [2.45, 2.75) is 0 Å². The number of hydrogen-bond acceptors (Lipinski definition) is 2. The van der Waals surface area contributed by atoms with E-state index in [0.29, 0.717) is 0 Å². The summed E-state index contributed by atoms with van der Waals surface area (Å²) >= 11 is 0. The fraction of sp³-hybridized carbons (Fsp3) is 0. The lowest BCUT2D eigenvalue weighted by atomic mass is 9.91. The van der Waals surface area contributed by atoms with Crippen molar-refractivity contribution in [1.82, 2.24) is 0 Å². The van der Waals surface area contributed by atoms with Gasteiger partial charge in [0.25, 0.3) is 0 Å². The Hall–Kier alpha value is -2.79. The van der Waals surface area contributed by atoms with E-state index in [1.807, 2.05) is 30.3 Å². The molecule has 0 amide bonds. The van der Waals surface area contributed by atoms with Gasteiger partial charge in [-0.3, -0.25) is 0 Å². The van der Waals surface area contributed by atoms with E-state index in [4.69, 9.17) is 5.73 Å². The zero-order chi connectivity index (χ0) is 13.0. The van der Waals surface area contributed by atoms with Gasteiger partial charge in [0.05, 0.1) is 11.6 Å². The van der Waals surface area contributed by atoms with Crippen LogP contribution < -0.4 is 5.73 Å². The second-order valence-electron chi connectivity index (χ2n) is 4.81. The van der Waals surface area contributed by atoms with E-state index in [2.05, 4.69) is 24.3 Å². The zero-order valence-electron chi connectivity index (χ0n) is 10.1. The van der Waals surface area contributed by atoms with Gasteiger partial charge in [0.2, 0.25) is 0 Å². The quantitative estimate of drug-likeness (QED) is 0.373. The van der Waals surface area contributed by atoms with Gasteiger partial charge < -0.3 is 5.73 Å². The molecule has 0 fully saturated rings. The Balaban J connectivity index is 2.47. The van der Waals surface area contributed by atoms with Crippen LogP contribution in [0.2, 0.25) is 0 Å². The average Bonchev–Trinajstić information content (AvgIpc) is 2.46. The third kappa shape index (κ3) is 1.19. The first-order chi connectivity index (χ1) is 9.29. The van der Waals surface area contributed by atoms with E-state index >= 15 is 0 Å². The third-order valence-electron chi connectivity index (χ3n) is 3.80. The van der Waals surface area contributed by atoms with E-state index in [1.165, 1.54) is 0 Å². The molecule has 88 valence electrons. The number of nitrogen functional groups attached to an aromatic ring is 1. The Morgan fingerprint density at radius 3 is 2.47 bits per heavy atom. The van der Waals surface area contributed by atoms with Crippen LogP contribution in [0, 0.1) is 11.3 Å². The van der Waals surface area contributed by atoms with Crippen molar-refractivity contribution < 1.29 is 0 Å². The SMILES string of the molecule is N#Cc1cc2ccc(N)c3ccc4cccc1c4c23. The predicted molar refractivity (Wildman–Crippen MR) is 79.3 cm³/mol. The van der Waals surface area contributed by atoms with Crippen LogP contribution in [0.1, 0.15) is 5.56 Å². The summed E-state index contributed by atoms with van der Waals surface area (Å²) < 4.78 is 0. The first-order valence-corrected chi connectivity index (χ1v) is 6.16. The molecule has 19 heavy (non-hydrogen) atoms. The van der Waals surface area contributed by atoms with E-state index in [-0.39, 0.29) is 0 Å². The Labute approximate surface area is 110 Å². The molecule has 0 radical (unpaired) electrons. The van der Waals surface area contributed by atoms with E-state index in [0.717, 1.165) is 43.6 Å². The topological polar surface area (TPSA) is 49.8 Å². The van der Waals surface area contributed by atoms with Gasteiger partial charge in [0.15, 0.2) is 0 Å². The molecule has 0 aliphatic carbocycles. The number of nitrogens with zero attached hydrogens (tertiary/aromatic N) is 1. The van der Waals surface area contributed by atoms with Gasteiger partial charge in [0, 0.05) is 16.5 Å². The molecule has 0 bridgehead atoms. The molecule has 0 atom stereocenters. The molecule has 0 heterocycles. The second-order valence-corrected chi connectivity index (χ2v) is 4.81. The maximum atomic E-state index is 9.34. The van der Waals surface area contributed by atoms with Gasteiger partial charge >= 0.3 is 0 Å². The number of rotatable bonds is 0. The van der Waals surface area contributed by atoms with Crippen LogP contribution in [0.15, 0.2) is 48.5 Å². The third-order valence-corrected chi connectivity index (χ3v) is 3.80. The number of nitriles is 1. The van der Waals surface area contributed by atoms with Crippen molar-refractivity contribution in [2.75, 3.05) is 5.73 Å². The van der Waals surface area contributed by atoms with Crippen molar-refractivity contribution in [3.05, 3.63) is 54.1 Å². The van der Waals surface area contributed by atoms with E-state index < -0.39 is 0 Å². The van der Waals surface area contributed by atoms with Crippen LogP contribution in [0.4, 0.5) is 5.69 Å². The summed E-state index contributed by atoms with van der Waals surface area (Å²) in [5, 5.41) is 15.9. The second kappa shape index (κ2) is 3.37. The first kappa shape index (κ1) is 10.2. The largest absolute Gasteiger partial charge is 0.398 e. The molecule has 0 spiro atoms. The highest BCUT2D eigenvalue weighted by Gasteiger charge is 2.12. The van der Waals surface area contributed by atoms with Gasteiger partial charge in [-0.25, -0.2) is 0 Å². The maximum Gasteiger partial charge on any atom is 0.0998 e. The van der Waals surface area contributed by atoms with Gasteiger partial charge in [0.1, 0.15) is 0 Å². The van der Waals surface area contributed by atoms with Crippen LogP contribution in [-0.4, -0.2) is 0 Å². The molecular formula is C17H10N2. The molecule has 4 rings (SSSR count). The minimum Gasteiger partial charge on any atom is -0.398 e. The van der Waals surface area contributed by atoms with E-state index in [1.54, 1.807) is 0 Å². The van der Waals surface area contributed by atoms with Crippen LogP contribution in [0.5, 0.6) is 0 Å². The normalized spacial score (nSPS) is 11.3. The Morgan fingerprint density at radius 1 is 0.842 bits per heavy atom. The van der Waals surface area contributed by atoms with Crippen LogP contribution >= 0.6 is 0 Å². The maximum absolute atomic E-state index is 9.34. The summed E-state index contributed by atoms with van der Waals surface area (Å²) in [6.07, 6.45) is 0. The van der Waals surface area contributed by atoms with Gasteiger partial charge in [-0.05, 0) is 33.7 Å². The molecule has 4 aromatic rings. The lowest BCUT2D eigenvalue weighted by Crippen LogP contribution is -1.91. The number of benzene rings is 4. The summed E-state index contributed by atoms with van der Waals surface area (Å²) in [4.78, 5) is 0. The Morgan fingerprint density at radius 2 is 1.63 bits per heavy atom. The average molecular weight is 242 g/mol. The molecule has 0 aliphatic heterocycles. The van der Waals surface area contributed by atoms with E-state index in [9.17, 15) is 5.26 Å². The monoisotopic (exact) mass is 242 g/mol. The molecule has 0 aliphatic rings. The molecular weight excluding hydrogens is 232 g/mol. The molecule has 0 unspecified atom stereocenters. The van der Waals surface area contributed by atoms with Crippen molar-refractivity contribution in [3.8, 4) is 6.07 Å². The van der Waals surface area contributed by atoms with Crippen molar-refractivity contribution in [2.24, 2.45) is 0 Å². The fourth-order valence-corrected chi connectivity index (χ4v) is 2.94. The summed E-state index contributed by atoms with van der Waals surface area (Å²) in [6, 6.07) is 18.3. The van der Waals surface area contributed by atoms with Crippen molar-refractivity contribution in [3.63, 3.8) is 0 Å². The summed E-state index contributed by atoms with van der Waals surface area (Å²) in [5.74, 6) is 0. The van der Waals surface area contributed by atoms with Crippen LogP contribution in [0.3, 0.4) is 0 Å². The van der Waals surface area contributed by atoms with Crippen LogP contribution in [0.25, 0.3) is 32.3 Å². The Kier molecular flexibility index (Phi) is 1.80. The zero-order valence-corrected chi connectivity index (χ0v) is 10.1. The molecule has 0 aromatic heterocycles. The lowest BCUT2D eigenvalue weighted by molar-refractivity contribution is 1.51. The lowest BCUT2D eigenvalue weighted by Gasteiger charge is -2.13. The molecule has 0 saturated heterocycles. The minimum absolute atomic E-state index is 0.718. The number of anilines is 1. The highest BCUT2D eigenvalue weighted by Crippen LogP contribution is 2.38. The van der Waals surface area contributed by atoms with Crippen molar-refractivity contribution >= 4 is 38.0 Å². The summed E-state index contributed by atoms with van der Waals surface area (Å²) in [7, 11) is 0. The van der Waals surface area contributed by atoms with Crippen LogP contribution in [-0.2, 0) is 0 Å². The van der Waals surface area contributed by atoms with Gasteiger partial charge in [-0.1, -0.05) is 36.4 Å². The number of hydrogen-bond donors (Lipinski definition) is 1. The minimum atomic E-state index is 0.718. The molecule has 2 N–H and O–H groups in total. The fourth-order valence-electron chi connectivity index (χ4n) is 2.94. The summed E-state index contributed by atoms with van der Waals surface area (Å²) in [6.45, 7) is 0. The summed E-state index contributed by atoms with van der Waals surface area (Å²) in [5.41, 5.74) is 7.57. The highest BCUT2D eigenvalue weighted by atomic mass is 14.5. The van der Waals surface area contributed by atoms with Crippen molar-refractivity contribution in [1.29, 1.82) is 5.26 Å². The first-order valence-electron chi connectivity index (χ1n) is 6.16. The Bertz CT molecular complexity index is 977. The smallest absolute Gasteiger partial charge is 0.0998 e. The predicted octanol–water partition coefficient (Wildman–Crippen LogP) is 4.04. The molecule has 0 saturated carbocycles. The standard InChI is InChI=1S/C17H10N2/c18-9-12-8-11-5-7-15(19)14-6-4-10-2-1-3-13(12)16(10)17(11)14/h1-8H,19H2. The molecule has 2 heteroatoms. The van der Waals surface area contributed by atoms with Gasteiger partial charge in [-0.15, -0.1) is 0 Å². The molecule has 2 nitrogen and oxygen atoms in total. The highest BCUT2D eigenvalue weighted by molar-refractivity contribution is 6.26. The molecule has 4 aromatic carbocycles. The number of nitrogens with two attached hydrogens (primary N) is 1. The van der Waals surface area contributed by atoms with Gasteiger partial charge in [-0.2, -0.15) is 5.26 Å².